The molecule has 1 aromatic rings. The molecule has 5 nitrogen and oxygen atoms in total. The Morgan fingerprint density at radius 2 is 1.89 bits per heavy atom. The lowest BCUT2D eigenvalue weighted by Crippen LogP contribution is -2.40. The van der Waals surface area contributed by atoms with Crippen LogP contribution in [0, 0.1) is 0 Å². The summed E-state index contributed by atoms with van der Waals surface area (Å²) in [5, 5.41) is 0. The number of hydrogen-bond acceptors (Lipinski definition) is 5. The van der Waals surface area contributed by atoms with Crippen LogP contribution in [0.4, 0.5) is 5.69 Å². The average Bonchev–Trinajstić information content (AvgIpc) is 2.38. The molecule has 1 fully saturated rings. The Bertz CT molecular complexity index is 502. The Balaban J connectivity index is 1.67. The highest BCUT2D eigenvalue weighted by Crippen LogP contribution is 2.19. The van der Waals surface area contributed by atoms with E-state index < -0.39 is 9.84 Å². The molecule has 2 rings (SSSR count). The number of ether oxygens (including phenoxy) is 1. The third kappa shape index (κ3) is 4.40. The molecule has 1 heterocycles. The van der Waals surface area contributed by atoms with Gasteiger partial charge in [-0.2, -0.15) is 0 Å². The highest BCUT2D eigenvalue weighted by Gasteiger charge is 2.20. The minimum Gasteiger partial charge on any atom is -0.491 e. The third-order valence-electron chi connectivity index (χ3n) is 3.23. The number of nitrogens with two attached hydrogens (primary N) is 1. The van der Waals surface area contributed by atoms with Crippen molar-refractivity contribution in [2.45, 2.75) is 6.42 Å². The summed E-state index contributed by atoms with van der Waals surface area (Å²) in [6, 6.07) is 7.42. The van der Waals surface area contributed by atoms with Gasteiger partial charge in [0.15, 0.2) is 9.84 Å². The van der Waals surface area contributed by atoms with Crippen molar-refractivity contribution < 1.29 is 13.2 Å². The molecular weight excluding hydrogens is 264 g/mol. The minimum absolute atomic E-state index is 0.277. The van der Waals surface area contributed by atoms with E-state index in [0.29, 0.717) is 31.1 Å². The van der Waals surface area contributed by atoms with Gasteiger partial charge in [-0.25, -0.2) is 8.42 Å². The fourth-order valence-corrected chi connectivity index (χ4v) is 3.33. The number of nitrogen functional groups attached to an aromatic ring is 1. The molecule has 0 radical (unpaired) electrons. The van der Waals surface area contributed by atoms with Gasteiger partial charge in [-0.15, -0.1) is 0 Å². The molecule has 1 aliphatic rings. The Hall–Kier alpha value is -1.27. The van der Waals surface area contributed by atoms with E-state index in [1.54, 1.807) is 0 Å². The van der Waals surface area contributed by atoms with E-state index in [1.807, 2.05) is 24.3 Å². The van der Waals surface area contributed by atoms with Gasteiger partial charge in [0.05, 0.1) is 23.8 Å². The molecule has 2 N–H and O–H groups in total. The first-order valence-corrected chi connectivity index (χ1v) is 8.29. The van der Waals surface area contributed by atoms with Gasteiger partial charge in [-0.05, 0) is 18.6 Å². The highest BCUT2D eigenvalue weighted by atomic mass is 32.2. The molecule has 19 heavy (non-hydrogen) atoms. The van der Waals surface area contributed by atoms with E-state index in [4.69, 9.17) is 10.5 Å². The maximum absolute atomic E-state index is 11.3. The zero-order chi connectivity index (χ0) is 13.7. The lowest BCUT2D eigenvalue weighted by atomic mass is 10.3. The molecule has 0 atom stereocenters. The first-order valence-electron chi connectivity index (χ1n) is 6.47. The van der Waals surface area contributed by atoms with E-state index in [9.17, 15) is 8.42 Å². The van der Waals surface area contributed by atoms with Gasteiger partial charge in [0.2, 0.25) is 0 Å². The van der Waals surface area contributed by atoms with Crippen LogP contribution >= 0.6 is 0 Å². The quantitative estimate of drug-likeness (QED) is 0.638. The molecule has 0 bridgehead atoms. The molecule has 1 aliphatic heterocycles. The Morgan fingerprint density at radius 3 is 2.58 bits per heavy atom. The first-order chi connectivity index (χ1) is 9.07. The van der Waals surface area contributed by atoms with Crippen LogP contribution in [-0.4, -0.2) is 51.1 Å². The summed E-state index contributed by atoms with van der Waals surface area (Å²) in [6.07, 6.45) is 0.869. The zero-order valence-corrected chi connectivity index (χ0v) is 11.7. The topological polar surface area (TPSA) is 72.6 Å². The predicted molar refractivity (Wildman–Crippen MR) is 76.1 cm³/mol. The van der Waals surface area contributed by atoms with Crippen LogP contribution in [0.1, 0.15) is 6.42 Å². The van der Waals surface area contributed by atoms with Crippen molar-refractivity contribution in [1.82, 2.24) is 4.90 Å². The molecule has 1 saturated heterocycles. The maximum Gasteiger partial charge on any atom is 0.152 e. The summed E-state index contributed by atoms with van der Waals surface area (Å²) in [4.78, 5) is 2.17. The molecule has 0 unspecified atom stereocenters. The van der Waals surface area contributed by atoms with Gasteiger partial charge in [-0.3, -0.25) is 0 Å². The number of hydrogen-bond donors (Lipinski definition) is 1. The third-order valence-corrected chi connectivity index (χ3v) is 4.84. The molecule has 0 aliphatic carbocycles. The van der Waals surface area contributed by atoms with Crippen LogP contribution in [0.5, 0.6) is 5.75 Å². The number of benzene rings is 1. The van der Waals surface area contributed by atoms with Crippen molar-refractivity contribution in [2.24, 2.45) is 0 Å². The Morgan fingerprint density at radius 1 is 1.21 bits per heavy atom. The Kier molecular flexibility index (Phi) is 4.66. The van der Waals surface area contributed by atoms with Crippen LogP contribution in [0.2, 0.25) is 0 Å². The van der Waals surface area contributed by atoms with Crippen LogP contribution in [-0.2, 0) is 9.84 Å². The average molecular weight is 284 g/mol. The number of rotatable bonds is 5. The molecule has 0 amide bonds. The number of para-hydroxylation sites is 2. The summed E-state index contributed by atoms with van der Waals surface area (Å²) in [7, 11) is -2.78. The summed E-state index contributed by atoms with van der Waals surface area (Å²) < 4.78 is 28.2. The fourth-order valence-electron chi connectivity index (χ4n) is 2.06. The summed E-state index contributed by atoms with van der Waals surface area (Å²) in [5.74, 6) is 1.27. The molecule has 1 aromatic carbocycles. The van der Waals surface area contributed by atoms with E-state index >= 15 is 0 Å². The lowest BCUT2D eigenvalue weighted by Gasteiger charge is -2.26. The predicted octanol–water partition coefficient (Wildman–Crippen LogP) is 0.768. The summed E-state index contributed by atoms with van der Waals surface area (Å²) in [5.41, 5.74) is 6.42. The number of anilines is 1. The monoisotopic (exact) mass is 284 g/mol. The van der Waals surface area contributed by atoms with Crippen molar-refractivity contribution >= 4 is 15.5 Å². The molecule has 106 valence electrons. The first kappa shape index (κ1) is 14.1. The van der Waals surface area contributed by atoms with Crippen molar-refractivity contribution in [1.29, 1.82) is 0 Å². The van der Waals surface area contributed by atoms with Crippen LogP contribution in [0.15, 0.2) is 24.3 Å². The van der Waals surface area contributed by atoms with Gasteiger partial charge < -0.3 is 15.4 Å². The van der Waals surface area contributed by atoms with Crippen LogP contribution in [0.25, 0.3) is 0 Å². The zero-order valence-electron chi connectivity index (χ0n) is 10.9. The molecule has 0 aromatic heterocycles. The smallest absolute Gasteiger partial charge is 0.152 e. The van der Waals surface area contributed by atoms with Gasteiger partial charge >= 0.3 is 0 Å². The van der Waals surface area contributed by atoms with E-state index in [-0.39, 0.29) is 11.5 Å². The van der Waals surface area contributed by atoms with Crippen molar-refractivity contribution in [3.8, 4) is 5.75 Å². The number of nitrogens with zero attached hydrogens (tertiary/aromatic N) is 1. The largest absolute Gasteiger partial charge is 0.491 e. The normalized spacial score (nSPS) is 19.2. The molecule has 6 heteroatoms. The summed E-state index contributed by atoms with van der Waals surface area (Å²) in [6.45, 7) is 2.73. The second kappa shape index (κ2) is 6.25. The van der Waals surface area contributed by atoms with Gasteiger partial charge in [0.25, 0.3) is 0 Å². The van der Waals surface area contributed by atoms with E-state index in [1.165, 1.54) is 0 Å². The standard InChI is InChI=1S/C13H20N2O3S/c14-12-4-1-2-5-13(12)18-9-3-6-15-7-10-19(16,17)11-8-15/h1-2,4-5H,3,6-11,14H2. The lowest BCUT2D eigenvalue weighted by molar-refractivity contribution is 0.246. The fraction of sp³-hybridized carbons (Fsp3) is 0.538. The van der Waals surface area contributed by atoms with Crippen LogP contribution in [0.3, 0.4) is 0 Å². The van der Waals surface area contributed by atoms with Crippen molar-refractivity contribution in [3.63, 3.8) is 0 Å². The second-order valence-electron chi connectivity index (χ2n) is 4.73. The van der Waals surface area contributed by atoms with Gasteiger partial charge in [-0.1, -0.05) is 12.1 Å². The number of sulfone groups is 1. The van der Waals surface area contributed by atoms with Crippen molar-refractivity contribution in [2.75, 3.05) is 43.5 Å². The minimum atomic E-state index is -2.78. The highest BCUT2D eigenvalue weighted by molar-refractivity contribution is 7.91. The van der Waals surface area contributed by atoms with E-state index in [2.05, 4.69) is 4.90 Å². The second-order valence-corrected chi connectivity index (χ2v) is 7.04. The summed E-state index contributed by atoms with van der Waals surface area (Å²) >= 11 is 0. The molecule has 0 saturated carbocycles. The van der Waals surface area contributed by atoms with Crippen LogP contribution < -0.4 is 10.5 Å². The van der Waals surface area contributed by atoms with Gasteiger partial charge in [0, 0.05) is 19.6 Å². The molecular formula is C13H20N2O3S. The molecule has 0 spiro atoms. The van der Waals surface area contributed by atoms with Gasteiger partial charge in [0.1, 0.15) is 5.75 Å². The maximum atomic E-state index is 11.3. The van der Waals surface area contributed by atoms with E-state index in [0.717, 1.165) is 13.0 Å². The Labute approximate surface area is 114 Å². The van der Waals surface area contributed by atoms with Crippen molar-refractivity contribution in [3.05, 3.63) is 24.3 Å². The SMILES string of the molecule is Nc1ccccc1OCCCN1CCS(=O)(=O)CC1.